The van der Waals surface area contributed by atoms with Crippen molar-refractivity contribution < 1.29 is 22.7 Å². The van der Waals surface area contributed by atoms with Crippen LogP contribution in [0.3, 0.4) is 0 Å². The van der Waals surface area contributed by atoms with Gasteiger partial charge in [0, 0.05) is 36.2 Å². The molecule has 2 aromatic carbocycles. The van der Waals surface area contributed by atoms with Gasteiger partial charge in [0.1, 0.15) is 12.2 Å². The standard InChI is InChI=1S/C27H35Cl2NO5S/c1-6-22(17-36(32,33)27(2,3)4)30-24(18-10-12-20(28)13-11-18)25(19-8-7-9-21(29)16-19)35-23(26(30)31)14-15-34-5/h7-13,16,22-25H,6,14-15,17H2,1-5H3/t22-,23-,24+,25+/m0/s1. The van der Waals surface area contributed by atoms with Crippen molar-refractivity contribution in [3.05, 3.63) is 69.7 Å². The summed E-state index contributed by atoms with van der Waals surface area (Å²) in [5.74, 6) is -0.400. The van der Waals surface area contributed by atoms with E-state index in [2.05, 4.69) is 0 Å². The molecule has 0 aliphatic carbocycles. The molecule has 0 bridgehead atoms. The van der Waals surface area contributed by atoms with Crippen LogP contribution in [0.4, 0.5) is 0 Å². The summed E-state index contributed by atoms with van der Waals surface area (Å²) in [6.07, 6.45) is -0.553. The molecule has 4 atom stereocenters. The molecule has 36 heavy (non-hydrogen) atoms. The summed E-state index contributed by atoms with van der Waals surface area (Å²) in [6, 6.07) is 13.5. The molecule has 1 aliphatic heterocycles. The van der Waals surface area contributed by atoms with Crippen LogP contribution in [0.5, 0.6) is 0 Å². The molecule has 0 spiro atoms. The minimum Gasteiger partial charge on any atom is -0.385 e. The first-order chi connectivity index (χ1) is 16.9. The summed E-state index contributed by atoms with van der Waals surface area (Å²) in [5.41, 5.74) is 1.60. The van der Waals surface area contributed by atoms with Gasteiger partial charge in [-0.05, 0) is 62.6 Å². The number of hydrogen-bond acceptors (Lipinski definition) is 5. The molecule has 0 N–H and O–H groups in total. The fraction of sp³-hybridized carbons (Fsp3) is 0.519. The average molecular weight is 557 g/mol. The maximum atomic E-state index is 14.0. The van der Waals surface area contributed by atoms with Crippen molar-refractivity contribution in [3.63, 3.8) is 0 Å². The van der Waals surface area contributed by atoms with Crippen LogP contribution in [0.15, 0.2) is 48.5 Å². The van der Waals surface area contributed by atoms with E-state index < -0.39 is 38.9 Å². The van der Waals surface area contributed by atoms with E-state index in [1.54, 1.807) is 51.0 Å². The Morgan fingerprint density at radius 3 is 2.28 bits per heavy atom. The van der Waals surface area contributed by atoms with Gasteiger partial charge in [0.2, 0.25) is 0 Å². The van der Waals surface area contributed by atoms with Crippen LogP contribution in [-0.2, 0) is 24.1 Å². The zero-order valence-corrected chi connectivity index (χ0v) is 23.7. The molecule has 0 radical (unpaired) electrons. The zero-order valence-electron chi connectivity index (χ0n) is 21.4. The molecule has 1 fully saturated rings. The Morgan fingerprint density at radius 2 is 1.72 bits per heavy atom. The van der Waals surface area contributed by atoms with Gasteiger partial charge in [-0.3, -0.25) is 4.79 Å². The second-order valence-corrected chi connectivity index (χ2v) is 13.7. The van der Waals surface area contributed by atoms with Crippen LogP contribution in [0.1, 0.15) is 63.8 Å². The number of nitrogens with zero attached hydrogens (tertiary/aromatic N) is 1. The Bertz CT molecular complexity index is 1150. The smallest absolute Gasteiger partial charge is 0.252 e. The lowest BCUT2D eigenvalue weighted by Crippen LogP contribution is -2.57. The van der Waals surface area contributed by atoms with Gasteiger partial charge in [-0.15, -0.1) is 0 Å². The number of halogens is 2. The molecule has 3 rings (SSSR count). The molecule has 0 unspecified atom stereocenters. The van der Waals surface area contributed by atoms with E-state index in [0.29, 0.717) is 29.5 Å². The molecule has 1 heterocycles. The van der Waals surface area contributed by atoms with Crippen LogP contribution in [0, 0.1) is 0 Å². The normalized spacial score (nSPS) is 22.0. The minimum atomic E-state index is -3.52. The molecule has 1 amide bonds. The molecular weight excluding hydrogens is 521 g/mol. The first-order valence-corrected chi connectivity index (χ1v) is 14.5. The number of morpholine rings is 1. The second-order valence-electron chi connectivity index (χ2n) is 10.1. The lowest BCUT2D eigenvalue weighted by atomic mass is 9.89. The fourth-order valence-corrected chi connectivity index (χ4v) is 6.15. The van der Waals surface area contributed by atoms with Gasteiger partial charge in [-0.1, -0.05) is 54.4 Å². The topological polar surface area (TPSA) is 72.9 Å². The molecule has 1 aliphatic rings. The summed E-state index contributed by atoms with van der Waals surface area (Å²) in [5, 5.41) is 1.11. The molecule has 6 nitrogen and oxygen atoms in total. The van der Waals surface area contributed by atoms with Gasteiger partial charge in [-0.25, -0.2) is 8.42 Å². The Morgan fingerprint density at radius 1 is 1.06 bits per heavy atom. The monoisotopic (exact) mass is 555 g/mol. The Hall–Kier alpha value is -1.64. The average Bonchev–Trinajstić information content (AvgIpc) is 2.81. The van der Waals surface area contributed by atoms with E-state index in [1.807, 2.05) is 37.3 Å². The largest absolute Gasteiger partial charge is 0.385 e. The molecule has 1 saturated heterocycles. The highest BCUT2D eigenvalue weighted by Crippen LogP contribution is 2.45. The van der Waals surface area contributed by atoms with Crippen molar-refractivity contribution in [2.45, 2.75) is 69.6 Å². The van der Waals surface area contributed by atoms with Crippen LogP contribution >= 0.6 is 23.2 Å². The van der Waals surface area contributed by atoms with E-state index in [0.717, 1.165) is 11.1 Å². The van der Waals surface area contributed by atoms with Gasteiger partial charge in [0.05, 0.1) is 16.5 Å². The Kier molecular flexibility index (Phi) is 9.50. The number of benzene rings is 2. The highest BCUT2D eigenvalue weighted by molar-refractivity contribution is 7.92. The summed E-state index contributed by atoms with van der Waals surface area (Å²) < 4.78 is 37.3. The molecular formula is C27H35Cl2NO5S. The van der Waals surface area contributed by atoms with E-state index in [4.69, 9.17) is 32.7 Å². The highest BCUT2D eigenvalue weighted by atomic mass is 35.5. The van der Waals surface area contributed by atoms with Crippen LogP contribution in [0.25, 0.3) is 0 Å². The predicted octanol–water partition coefficient (Wildman–Crippen LogP) is 6.03. The first-order valence-electron chi connectivity index (χ1n) is 12.1. The van der Waals surface area contributed by atoms with Gasteiger partial charge in [0.25, 0.3) is 5.91 Å². The third kappa shape index (κ3) is 6.43. The number of sulfone groups is 1. The van der Waals surface area contributed by atoms with Crippen molar-refractivity contribution in [1.29, 1.82) is 0 Å². The lowest BCUT2D eigenvalue weighted by Gasteiger charge is -2.48. The number of ether oxygens (including phenoxy) is 2. The van der Waals surface area contributed by atoms with Gasteiger partial charge < -0.3 is 14.4 Å². The molecule has 9 heteroatoms. The van der Waals surface area contributed by atoms with Crippen LogP contribution in [0.2, 0.25) is 10.0 Å². The van der Waals surface area contributed by atoms with E-state index in [9.17, 15) is 13.2 Å². The number of carbonyl (C=O) groups excluding carboxylic acids is 1. The maximum Gasteiger partial charge on any atom is 0.252 e. The number of hydrogen-bond donors (Lipinski definition) is 0. The quantitative estimate of drug-likeness (QED) is 0.377. The molecule has 2 aromatic rings. The SMILES string of the molecule is CC[C@@H](CS(=O)(=O)C(C)(C)C)N1C(=O)[C@H](CCOC)O[C@H](c2cccc(Cl)c2)[C@H]1c1ccc(Cl)cc1. The fourth-order valence-electron chi connectivity index (χ4n) is 4.42. The van der Waals surface area contributed by atoms with Gasteiger partial charge >= 0.3 is 0 Å². The predicted molar refractivity (Wildman–Crippen MR) is 144 cm³/mol. The van der Waals surface area contributed by atoms with Crippen LogP contribution in [-0.4, -0.2) is 55.6 Å². The third-order valence-corrected chi connectivity index (χ3v) is 9.79. The first kappa shape index (κ1) is 28.9. The minimum absolute atomic E-state index is 0.151. The second kappa shape index (κ2) is 11.8. The Balaban J connectivity index is 2.19. The van der Waals surface area contributed by atoms with Crippen molar-refractivity contribution in [2.24, 2.45) is 0 Å². The number of carbonyl (C=O) groups is 1. The van der Waals surface area contributed by atoms with Gasteiger partial charge in [-0.2, -0.15) is 0 Å². The molecule has 0 aromatic heterocycles. The van der Waals surface area contributed by atoms with E-state index >= 15 is 0 Å². The van der Waals surface area contributed by atoms with Gasteiger partial charge in [0.15, 0.2) is 9.84 Å². The third-order valence-electron chi connectivity index (χ3n) is 6.61. The lowest BCUT2D eigenvalue weighted by molar-refractivity contribution is -0.180. The summed E-state index contributed by atoms with van der Waals surface area (Å²) in [6.45, 7) is 7.29. The number of rotatable bonds is 9. The van der Waals surface area contributed by atoms with Crippen molar-refractivity contribution in [3.8, 4) is 0 Å². The summed E-state index contributed by atoms with van der Waals surface area (Å²) in [7, 11) is -1.95. The van der Waals surface area contributed by atoms with Crippen molar-refractivity contribution in [1.82, 2.24) is 4.90 Å². The van der Waals surface area contributed by atoms with E-state index in [-0.39, 0.29) is 11.7 Å². The highest BCUT2D eigenvalue weighted by Gasteiger charge is 2.47. The summed E-state index contributed by atoms with van der Waals surface area (Å²) in [4.78, 5) is 15.7. The molecule has 198 valence electrons. The van der Waals surface area contributed by atoms with Crippen molar-refractivity contribution >= 4 is 38.9 Å². The maximum absolute atomic E-state index is 14.0. The number of methoxy groups -OCH3 is 1. The van der Waals surface area contributed by atoms with E-state index in [1.165, 1.54) is 0 Å². The number of amides is 1. The Labute approximate surface area is 224 Å². The van der Waals surface area contributed by atoms with Crippen molar-refractivity contribution in [2.75, 3.05) is 19.5 Å². The zero-order chi connectivity index (χ0) is 26.7. The van der Waals surface area contributed by atoms with Crippen LogP contribution < -0.4 is 0 Å². The summed E-state index contributed by atoms with van der Waals surface area (Å²) >= 11 is 12.5. The molecule has 0 saturated carbocycles.